The van der Waals surface area contributed by atoms with Crippen LogP contribution in [0.3, 0.4) is 0 Å². The van der Waals surface area contributed by atoms with Crippen LogP contribution in [-0.2, 0) is 16.6 Å². The highest BCUT2D eigenvalue weighted by Gasteiger charge is 2.17. The predicted octanol–water partition coefficient (Wildman–Crippen LogP) is 0.263. The third-order valence-corrected chi connectivity index (χ3v) is 4.31. The number of carboxylic acid groups (broad SMARTS) is 1. The lowest BCUT2D eigenvalue weighted by Gasteiger charge is -2.08. The summed E-state index contributed by atoms with van der Waals surface area (Å²) in [4.78, 5) is 11.0. The number of hydrogen-bond acceptors (Lipinski definition) is 5. The Hall–Kier alpha value is -2.26. The highest BCUT2D eigenvalue weighted by atomic mass is 32.2. The van der Waals surface area contributed by atoms with Crippen molar-refractivity contribution in [2.75, 3.05) is 6.54 Å². The summed E-state index contributed by atoms with van der Waals surface area (Å²) in [6.45, 7) is 2.07. The molecule has 0 fully saturated rings. The van der Waals surface area contributed by atoms with Gasteiger partial charge in [0.05, 0.1) is 23.2 Å². The summed E-state index contributed by atoms with van der Waals surface area (Å²) in [7, 11) is -3.76. The monoisotopic (exact) mass is 310 g/mol. The van der Waals surface area contributed by atoms with Crippen molar-refractivity contribution in [3.8, 4) is 0 Å². The molecule has 0 radical (unpaired) electrons. The van der Waals surface area contributed by atoms with Crippen molar-refractivity contribution in [3.05, 3.63) is 41.7 Å². The van der Waals surface area contributed by atoms with Crippen molar-refractivity contribution in [3.63, 3.8) is 0 Å². The molecule has 112 valence electrons. The number of carbonyl (C=O) groups is 1. The maximum Gasteiger partial charge on any atom is 0.335 e. The van der Waals surface area contributed by atoms with Gasteiger partial charge in [-0.25, -0.2) is 17.9 Å². The van der Waals surface area contributed by atoms with Crippen LogP contribution in [0, 0.1) is 6.92 Å². The fourth-order valence-electron chi connectivity index (χ4n) is 1.73. The van der Waals surface area contributed by atoms with Gasteiger partial charge in [-0.2, -0.15) is 0 Å². The molecule has 0 atom stereocenters. The highest BCUT2D eigenvalue weighted by molar-refractivity contribution is 7.89. The molecule has 0 saturated carbocycles. The van der Waals surface area contributed by atoms with Crippen molar-refractivity contribution in [1.82, 2.24) is 19.7 Å². The SMILES string of the molecule is Cc1ccc(S(=O)(=O)NCCn2ccnn2)cc1C(=O)O. The van der Waals surface area contributed by atoms with E-state index < -0.39 is 16.0 Å². The molecule has 0 unspecified atom stereocenters. The van der Waals surface area contributed by atoms with Gasteiger partial charge in [-0.3, -0.25) is 4.68 Å². The lowest BCUT2D eigenvalue weighted by Crippen LogP contribution is -2.27. The normalized spacial score (nSPS) is 11.5. The molecule has 2 N–H and O–H groups in total. The molecule has 0 aliphatic carbocycles. The Morgan fingerprint density at radius 1 is 1.43 bits per heavy atom. The standard InChI is InChI=1S/C12H14N4O4S/c1-9-2-3-10(8-11(9)12(17)18)21(19,20)14-5-7-16-6-4-13-15-16/h2-4,6,8,14H,5,7H2,1H3,(H,17,18). The maximum absolute atomic E-state index is 12.1. The topological polar surface area (TPSA) is 114 Å². The van der Waals surface area contributed by atoms with Crippen LogP contribution in [0.1, 0.15) is 15.9 Å². The van der Waals surface area contributed by atoms with Gasteiger partial charge in [0.25, 0.3) is 0 Å². The van der Waals surface area contributed by atoms with Crippen molar-refractivity contribution in [2.24, 2.45) is 0 Å². The molecular weight excluding hydrogens is 296 g/mol. The van der Waals surface area contributed by atoms with E-state index in [-0.39, 0.29) is 17.0 Å². The summed E-state index contributed by atoms with van der Waals surface area (Å²) in [5.41, 5.74) is 0.471. The number of aromatic carboxylic acids is 1. The van der Waals surface area contributed by atoms with Gasteiger partial charge in [0.1, 0.15) is 0 Å². The minimum atomic E-state index is -3.76. The van der Waals surface area contributed by atoms with Crippen molar-refractivity contribution in [1.29, 1.82) is 0 Å². The summed E-state index contributed by atoms with van der Waals surface area (Å²) in [6, 6.07) is 3.99. The summed E-state index contributed by atoms with van der Waals surface area (Å²) in [5, 5.41) is 16.3. The number of nitrogens with zero attached hydrogens (tertiary/aromatic N) is 3. The van der Waals surface area contributed by atoms with Gasteiger partial charge in [0.2, 0.25) is 10.0 Å². The van der Waals surface area contributed by atoms with E-state index in [0.717, 1.165) is 6.07 Å². The van der Waals surface area contributed by atoms with E-state index in [1.807, 2.05) is 0 Å². The third kappa shape index (κ3) is 3.64. The molecule has 0 aliphatic heterocycles. The molecule has 0 amide bonds. The lowest BCUT2D eigenvalue weighted by molar-refractivity contribution is 0.0696. The first-order chi connectivity index (χ1) is 9.90. The van der Waals surface area contributed by atoms with E-state index >= 15 is 0 Å². The van der Waals surface area contributed by atoms with Gasteiger partial charge in [0.15, 0.2) is 0 Å². The molecule has 1 heterocycles. The molecule has 0 saturated heterocycles. The van der Waals surface area contributed by atoms with Crippen molar-refractivity contribution < 1.29 is 18.3 Å². The van der Waals surface area contributed by atoms with E-state index in [9.17, 15) is 13.2 Å². The van der Waals surface area contributed by atoms with Crippen LogP contribution >= 0.6 is 0 Å². The third-order valence-electron chi connectivity index (χ3n) is 2.85. The fourth-order valence-corrected chi connectivity index (χ4v) is 2.78. The van der Waals surface area contributed by atoms with Gasteiger partial charge < -0.3 is 5.11 Å². The smallest absolute Gasteiger partial charge is 0.335 e. The molecule has 0 spiro atoms. The number of benzene rings is 1. The number of nitrogens with one attached hydrogen (secondary N) is 1. The van der Waals surface area contributed by atoms with E-state index in [4.69, 9.17) is 5.11 Å². The van der Waals surface area contributed by atoms with Gasteiger partial charge in [-0.15, -0.1) is 5.10 Å². The molecule has 0 aliphatic rings. The minimum absolute atomic E-state index is 0.0332. The molecule has 0 bridgehead atoms. The van der Waals surface area contributed by atoms with E-state index in [1.54, 1.807) is 13.1 Å². The molecule has 8 nitrogen and oxygen atoms in total. The number of hydrogen-bond donors (Lipinski definition) is 2. The van der Waals surface area contributed by atoms with Crippen molar-refractivity contribution >= 4 is 16.0 Å². The Kier molecular flexibility index (Phi) is 4.34. The van der Waals surface area contributed by atoms with Gasteiger partial charge in [0, 0.05) is 12.7 Å². The fraction of sp³-hybridized carbons (Fsp3) is 0.250. The first-order valence-corrected chi connectivity index (χ1v) is 7.56. The number of sulfonamides is 1. The van der Waals surface area contributed by atoms with Crippen LogP contribution < -0.4 is 4.72 Å². The lowest BCUT2D eigenvalue weighted by atomic mass is 10.1. The predicted molar refractivity (Wildman–Crippen MR) is 73.3 cm³/mol. The molecule has 1 aromatic carbocycles. The number of rotatable bonds is 6. The number of aromatic nitrogens is 3. The van der Waals surface area contributed by atoms with Gasteiger partial charge in [-0.05, 0) is 24.6 Å². The second-order valence-corrected chi connectivity index (χ2v) is 6.11. The molecule has 1 aromatic heterocycles. The Balaban J connectivity index is 2.12. The molecule has 21 heavy (non-hydrogen) atoms. The summed E-state index contributed by atoms with van der Waals surface area (Å²) < 4.78 is 28.1. The average Bonchev–Trinajstić information content (AvgIpc) is 2.91. The number of carboxylic acids is 1. The Labute approximate surface area is 121 Å². The summed E-state index contributed by atoms with van der Waals surface area (Å²) in [6.07, 6.45) is 3.11. The molecule has 9 heteroatoms. The zero-order chi connectivity index (χ0) is 15.5. The average molecular weight is 310 g/mol. The van der Waals surface area contributed by atoms with Gasteiger partial charge >= 0.3 is 5.97 Å². The highest BCUT2D eigenvalue weighted by Crippen LogP contribution is 2.15. The maximum atomic E-state index is 12.1. The van der Waals surface area contributed by atoms with Crippen LogP contribution in [0.15, 0.2) is 35.5 Å². The second-order valence-electron chi connectivity index (χ2n) is 4.35. The molecular formula is C12H14N4O4S. The minimum Gasteiger partial charge on any atom is -0.478 e. The first kappa shape index (κ1) is 15.1. The van der Waals surface area contributed by atoms with Crippen LogP contribution in [0.4, 0.5) is 0 Å². The van der Waals surface area contributed by atoms with Crippen molar-refractivity contribution in [2.45, 2.75) is 18.4 Å². The summed E-state index contributed by atoms with van der Waals surface area (Å²) in [5.74, 6) is -1.16. The Morgan fingerprint density at radius 3 is 2.81 bits per heavy atom. The van der Waals surface area contributed by atoms with Crippen LogP contribution in [0.5, 0.6) is 0 Å². The Bertz CT molecular complexity index is 741. The van der Waals surface area contributed by atoms with E-state index in [0.29, 0.717) is 12.1 Å². The van der Waals surface area contributed by atoms with Crippen LogP contribution in [0.25, 0.3) is 0 Å². The second kappa shape index (κ2) is 6.02. The zero-order valence-electron chi connectivity index (χ0n) is 11.2. The zero-order valence-corrected chi connectivity index (χ0v) is 12.0. The van der Waals surface area contributed by atoms with Gasteiger partial charge in [-0.1, -0.05) is 11.3 Å². The number of aryl methyl sites for hydroxylation is 1. The van der Waals surface area contributed by atoms with Crippen LogP contribution in [0.2, 0.25) is 0 Å². The Morgan fingerprint density at radius 2 is 2.19 bits per heavy atom. The molecule has 2 rings (SSSR count). The van der Waals surface area contributed by atoms with E-state index in [2.05, 4.69) is 15.0 Å². The largest absolute Gasteiger partial charge is 0.478 e. The van der Waals surface area contributed by atoms with E-state index in [1.165, 1.54) is 23.0 Å². The van der Waals surface area contributed by atoms with Crippen LogP contribution in [-0.4, -0.2) is 41.0 Å². The quantitative estimate of drug-likeness (QED) is 0.791. The molecule has 2 aromatic rings. The first-order valence-electron chi connectivity index (χ1n) is 6.08. The summed E-state index contributed by atoms with van der Waals surface area (Å²) >= 11 is 0.